The number of aliphatic imine (C=N–C) groups is 1. The molecule has 2 aromatic carbocycles. The second kappa shape index (κ2) is 9.63. The molecule has 0 aromatic heterocycles. The number of halogens is 3. The van der Waals surface area contributed by atoms with Gasteiger partial charge in [-0.2, -0.15) is 0 Å². The Bertz CT molecular complexity index is 840. The molecule has 0 bridgehead atoms. The molecular formula is C19H21F2IN4O. The van der Waals surface area contributed by atoms with Crippen molar-refractivity contribution in [1.29, 1.82) is 0 Å². The zero-order chi connectivity index (χ0) is 18.5. The monoisotopic (exact) mass is 486 g/mol. The first-order valence-electron chi connectivity index (χ1n) is 8.43. The van der Waals surface area contributed by atoms with Crippen molar-refractivity contribution in [3.05, 3.63) is 59.7 Å². The summed E-state index contributed by atoms with van der Waals surface area (Å²) in [7, 11) is 0. The molecule has 0 spiro atoms. The molecule has 5 nitrogen and oxygen atoms in total. The Labute approximate surface area is 173 Å². The number of guanidine groups is 1. The SMILES string of the molecule is I.NC(=NCc1cccc(NC(=O)C2CCC2)c1)Nc1cc(F)ccc1F. The van der Waals surface area contributed by atoms with Gasteiger partial charge in [-0.3, -0.25) is 4.79 Å². The third kappa shape index (κ3) is 5.88. The zero-order valence-electron chi connectivity index (χ0n) is 14.5. The Kier molecular flexibility index (Phi) is 7.52. The van der Waals surface area contributed by atoms with Crippen molar-refractivity contribution < 1.29 is 13.6 Å². The van der Waals surface area contributed by atoms with E-state index in [-0.39, 0.29) is 54.0 Å². The quantitative estimate of drug-likeness (QED) is 0.336. The van der Waals surface area contributed by atoms with Gasteiger partial charge in [0.15, 0.2) is 5.96 Å². The standard InChI is InChI=1S/C19H20F2N4O.HI/c20-14-7-8-16(21)17(10-14)25-19(22)23-11-12-3-1-6-15(9-12)24-18(26)13-4-2-5-13;/h1,3,6-10,13H,2,4-5,11H2,(H,24,26)(H3,22,23,25);1H. The van der Waals surface area contributed by atoms with E-state index in [4.69, 9.17) is 5.73 Å². The number of nitrogens with one attached hydrogen (secondary N) is 2. The Morgan fingerprint density at radius 2 is 1.93 bits per heavy atom. The molecule has 27 heavy (non-hydrogen) atoms. The van der Waals surface area contributed by atoms with Gasteiger partial charge in [-0.25, -0.2) is 13.8 Å². The number of nitrogens with zero attached hydrogens (tertiary/aromatic N) is 1. The van der Waals surface area contributed by atoms with Crippen LogP contribution in [0, 0.1) is 17.6 Å². The zero-order valence-corrected chi connectivity index (χ0v) is 16.9. The first kappa shape index (κ1) is 21.1. The van der Waals surface area contributed by atoms with Crippen LogP contribution in [0.25, 0.3) is 0 Å². The van der Waals surface area contributed by atoms with Gasteiger partial charge in [0, 0.05) is 17.7 Å². The lowest BCUT2D eigenvalue weighted by molar-refractivity contribution is -0.122. The van der Waals surface area contributed by atoms with E-state index in [0.29, 0.717) is 5.69 Å². The van der Waals surface area contributed by atoms with Crippen molar-refractivity contribution in [3.63, 3.8) is 0 Å². The number of nitrogens with two attached hydrogens (primary N) is 1. The van der Waals surface area contributed by atoms with Gasteiger partial charge in [-0.1, -0.05) is 18.6 Å². The van der Waals surface area contributed by atoms with Crippen LogP contribution in [-0.2, 0) is 11.3 Å². The first-order chi connectivity index (χ1) is 12.5. The summed E-state index contributed by atoms with van der Waals surface area (Å²) in [5.41, 5.74) is 7.20. The summed E-state index contributed by atoms with van der Waals surface area (Å²) < 4.78 is 26.7. The molecule has 4 N–H and O–H groups in total. The molecule has 1 fully saturated rings. The molecule has 1 amide bonds. The van der Waals surface area contributed by atoms with Crippen molar-refractivity contribution in [2.24, 2.45) is 16.6 Å². The van der Waals surface area contributed by atoms with Crippen LogP contribution >= 0.6 is 24.0 Å². The molecule has 0 radical (unpaired) electrons. The first-order valence-corrected chi connectivity index (χ1v) is 8.43. The van der Waals surface area contributed by atoms with Crippen LogP contribution in [0.2, 0.25) is 0 Å². The summed E-state index contributed by atoms with van der Waals surface area (Å²) in [6.45, 7) is 0.239. The van der Waals surface area contributed by atoms with Gasteiger partial charge in [0.2, 0.25) is 5.91 Å². The fourth-order valence-electron chi connectivity index (χ4n) is 2.61. The van der Waals surface area contributed by atoms with Crippen LogP contribution < -0.4 is 16.4 Å². The Morgan fingerprint density at radius 3 is 2.63 bits per heavy atom. The molecule has 0 unspecified atom stereocenters. The number of benzene rings is 2. The minimum Gasteiger partial charge on any atom is -0.370 e. The van der Waals surface area contributed by atoms with Gasteiger partial charge in [0.25, 0.3) is 0 Å². The Hall–Kier alpha value is -2.23. The fraction of sp³-hybridized carbons (Fsp3) is 0.263. The Morgan fingerprint density at radius 1 is 1.15 bits per heavy atom. The second-order valence-corrected chi connectivity index (χ2v) is 6.27. The largest absolute Gasteiger partial charge is 0.370 e. The number of amides is 1. The van der Waals surface area contributed by atoms with E-state index < -0.39 is 11.6 Å². The van der Waals surface area contributed by atoms with Crippen molar-refractivity contribution in [2.75, 3.05) is 10.6 Å². The third-order valence-electron chi connectivity index (χ3n) is 4.29. The molecular weight excluding hydrogens is 465 g/mol. The third-order valence-corrected chi connectivity index (χ3v) is 4.29. The maximum atomic E-state index is 13.6. The number of carbonyl (C=O) groups excluding carboxylic acids is 1. The Balaban J connectivity index is 0.00000261. The lowest BCUT2D eigenvalue weighted by atomic mass is 9.85. The van der Waals surface area contributed by atoms with Crippen LogP contribution in [0.5, 0.6) is 0 Å². The molecule has 3 rings (SSSR count). The van der Waals surface area contributed by atoms with Crippen molar-refractivity contribution >= 4 is 47.2 Å². The average molecular weight is 486 g/mol. The van der Waals surface area contributed by atoms with Gasteiger partial charge in [0.1, 0.15) is 11.6 Å². The highest BCUT2D eigenvalue weighted by molar-refractivity contribution is 14.0. The maximum Gasteiger partial charge on any atom is 0.227 e. The molecule has 144 valence electrons. The molecule has 0 atom stereocenters. The van der Waals surface area contributed by atoms with Gasteiger partial charge in [-0.05, 0) is 42.7 Å². The summed E-state index contributed by atoms with van der Waals surface area (Å²) in [4.78, 5) is 16.1. The van der Waals surface area contributed by atoms with Gasteiger partial charge >= 0.3 is 0 Å². The van der Waals surface area contributed by atoms with Crippen molar-refractivity contribution in [3.8, 4) is 0 Å². The highest BCUT2D eigenvalue weighted by Gasteiger charge is 2.25. The molecule has 1 aliphatic rings. The minimum absolute atomic E-state index is 0. The van der Waals surface area contributed by atoms with Crippen LogP contribution in [0.1, 0.15) is 24.8 Å². The number of hydrogen-bond donors (Lipinski definition) is 3. The van der Waals surface area contributed by atoms with Crippen LogP contribution in [-0.4, -0.2) is 11.9 Å². The molecule has 0 saturated heterocycles. The number of rotatable bonds is 5. The fourth-order valence-corrected chi connectivity index (χ4v) is 2.61. The van der Waals surface area contributed by atoms with Gasteiger partial charge < -0.3 is 16.4 Å². The molecule has 0 heterocycles. The predicted molar refractivity (Wildman–Crippen MR) is 113 cm³/mol. The summed E-state index contributed by atoms with van der Waals surface area (Å²) in [6, 6.07) is 10.3. The molecule has 2 aromatic rings. The van der Waals surface area contributed by atoms with E-state index in [0.717, 1.165) is 43.0 Å². The highest BCUT2D eigenvalue weighted by atomic mass is 127. The van der Waals surface area contributed by atoms with Crippen LogP contribution in [0.15, 0.2) is 47.5 Å². The summed E-state index contributed by atoms with van der Waals surface area (Å²) in [6.07, 6.45) is 2.98. The molecule has 8 heteroatoms. The molecule has 0 aliphatic heterocycles. The number of anilines is 2. The maximum absolute atomic E-state index is 13.6. The van der Waals surface area contributed by atoms with E-state index >= 15 is 0 Å². The minimum atomic E-state index is -0.620. The van der Waals surface area contributed by atoms with Gasteiger partial charge in [-0.15, -0.1) is 24.0 Å². The lowest BCUT2D eigenvalue weighted by Gasteiger charge is -2.24. The van der Waals surface area contributed by atoms with E-state index in [9.17, 15) is 13.6 Å². The molecule has 1 saturated carbocycles. The normalized spacial score (nSPS) is 14.1. The summed E-state index contributed by atoms with van der Waals surface area (Å²) in [5, 5.41) is 5.44. The van der Waals surface area contributed by atoms with Crippen LogP contribution in [0.3, 0.4) is 0 Å². The van der Waals surface area contributed by atoms with E-state index in [1.54, 1.807) is 0 Å². The summed E-state index contributed by atoms with van der Waals surface area (Å²) >= 11 is 0. The number of hydrogen-bond acceptors (Lipinski definition) is 2. The van der Waals surface area contributed by atoms with Gasteiger partial charge in [0.05, 0.1) is 12.2 Å². The number of carbonyl (C=O) groups is 1. The average Bonchev–Trinajstić information content (AvgIpc) is 2.55. The second-order valence-electron chi connectivity index (χ2n) is 6.27. The van der Waals surface area contributed by atoms with E-state index in [1.165, 1.54) is 0 Å². The van der Waals surface area contributed by atoms with Crippen molar-refractivity contribution in [1.82, 2.24) is 0 Å². The molecule has 1 aliphatic carbocycles. The topological polar surface area (TPSA) is 79.5 Å². The smallest absolute Gasteiger partial charge is 0.227 e. The van der Waals surface area contributed by atoms with E-state index in [1.807, 2.05) is 24.3 Å². The highest BCUT2D eigenvalue weighted by Crippen LogP contribution is 2.27. The lowest BCUT2D eigenvalue weighted by Crippen LogP contribution is -2.28. The van der Waals surface area contributed by atoms with Crippen LogP contribution in [0.4, 0.5) is 20.2 Å². The van der Waals surface area contributed by atoms with E-state index in [2.05, 4.69) is 15.6 Å². The predicted octanol–water partition coefficient (Wildman–Crippen LogP) is 4.25. The van der Waals surface area contributed by atoms with Crippen molar-refractivity contribution in [2.45, 2.75) is 25.8 Å². The summed E-state index contributed by atoms with van der Waals surface area (Å²) in [5.74, 6) is -1.07.